The fourth-order valence-corrected chi connectivity index (χ4v) is 2.98. The van der Waals surface area contributed by atoms with Crippen LogP contribution in [0.4, 0.5) is 36.3 Å². The van der Waals surface area contributed by atoms with E-state index in [1.165, 1.54) is 12.3 Å². The summed E-state index contributed by atoms with van der Waals surface area (Å²) in [6, 6.07) is 8.09. The molecule has 4 rings (SSSR count). The van der Waals surface area contributed by atoms with Crippen LogP contribution in [-0.4, -0.2) is 15.0 Å². The number of rotatable bonds is 4. The molecule has 0 amide bonds. The van der Waals surface area contributed by atoms with Gasteiger partial charge in [0.1, 0.15) is 5.82 Å². The van der Waals surface area contributed by atoms with Gasteiger partial charge in [0, 0.05) is 28.2 Å². The SMILES string of the molecule is Cc1cnc(Nc2cc(Cl)cc(C(F)(F)F)c2)nc1Nc1ccc2oc(=O)[nH]c2c1. The smallest absolute Gasteiger partial charge is 0.408 e. The first-order chi connectivity index (χ1) is 14.2. The lowest BCUT2D eigenvalue weighted by Crippen LogP contribution is -2.07. The molecule has 11 heteroatoms. The molecule has 4 aromatic rings. The van der Waals surface area contributed by atoms with Crippen LogP contribution in [0.5, 0.6) is 0 Å². The van der Waals surface area contributed by atoms with Gasteiger partial charge < -0.3 is 15.1 Å². The van der Waals surface area contributed by atoms with Gasteiger partial charge in [0.25, 0.3) is 0 Å². The largest absolute Gasteiger partial charge is 0.417 e. The second-order valence-electron chi connectivity index (χ2n) is 6.43. The van der Waals surface area contributed by atoms with E-state index in [-0.39, 0.29) is 16.7 Å². The van der Waals surface area contributed by atoms with Gasteiger partial charge in [0.2, 0.25) is 5.95 Å². The zero-order valence-corrected chi connectivity index (χ0v) is 16.0. The van der Waals surface area contributed by atoms with E-state index in [2.05, 4.69) is 25.6 Å². The van der Waals surface area contributed by atoms with E-state index < -0.39 is 17.5 Å². The molecule has 0 aliphatic carbocycles. The van der Waals surface area contributed by atoms with E-state index in [0.717, 1.165) is 12.1 Å². The summed E-state index contributed by atoms with van der Waals surface area (Å²) in [5.74, 6) is -0.0568. The summed E-state index contributed by atoms with van der Waals surface area (Å²) < 4.78 is 44.0. The van der Waals surface area contributed by atoms with E-state index in [9.17, 15) is 18.0 Å². The molecule has 0 atom stereocenters. The van der Waals surface area contributed by atoms with Crippen LogP contribution in [0.1, 0.15) is 11.1 Å². The van der Waals surface area contributed by atoms with Gasteiger partial charge >= 0.3 is 11.9 Å². The Kier molecular flexibility index (Phi) is 4.86. The van der Waals surface area contributed by atoms with Crippen LogP contribution in [0.15, 0.2) is 51.8 Å². The number of aromatic amines is 1. The minimum absolute atomic E-state index is 0.0693. The van der Waals surface area contributed by atoms with E-state index >= 15 is 0 Å². The highest BCUT2D eigenvalue weighted by molar-refractivity contribution is 6.31. The molecule has 0 saturated carbocycles. The Bertz CT molecular complexity index is 1300. The molecule has 0 saturated heterocycles. The van der Waals surface area contributed by atoms with Crippen molar-refractivity contribution in [2.45, 2.75) is 13.1 Å². The zero-order chi connectivity index (χ0) is 21.5. The maximum absolute atomic E-state index is 13.0. The summed E-state index contributed by atoms with van der Waals surface area (Å²) in [4.78, 5) is 22.3. The molecule has 0 aliphatic heterocycles. The average Bonchev–Trinajstić information content (AvgIpc) is 3.02. The lowest BCUT2D eigenvalue weighted by Gasteiger charge is -2.13. The van der Waals surface area contributed by atoms with E-state index in [0.29, 0.717) is 28.2 Å². The number of oxazole rings is 1. The van der Waals surface area contributed by atoms with Crippen molar-refractivity contribution < 1.29 is 17.6 Å². The number of aromatic nitrogens is 3. The molecule has 0 spiro atoms. The van der Waals surface area contributed by atoms with Gasteiger partial charge in [0.05, 0.1) is 11.1 Å². The first-order valence-corrected chi connectivity index (χ1v) is 8.93. The summed E-state index contributed by atoms with van der Waals surface area (Å²) in [6.07, 6.45) is -3.01. The third kappa shape index (κ3) is 4.23. The Morgan fingerprint density at radius 1 is 1.10 bits per heavy atom. The van der Waals surface area contributed by atoms with Crippen LogP contribution in [0, 0.1) is 6.92 Å². The number of hydrogen-bond acceptors (Lipinski definition) is 6. The quantitative estimate of drug-likeness (QED) is 0.398. The fourth-order valence-electron chi connectivity index (χ4n) is 2.75. The third-order valence-corrected chi connectivity index (χ3v) is 4.35. The van der Waals surface area contributed by atoms with Gasteiger partial charge in [-0.25, -0.2) is 9.78 Å². The molecular weight excluding hydrogens is 423 g/mol. The van der Waals surface area contributed by atoms with Crippen molar-refractivity contribution >= 4 is 45.8 Å². The predicted octanol–water partition coefficient (Wildman–Crippen LogP) is 5.38. The van der Waals surface area contributed by atoms with Crippen molar-refractivity contribution in [2.75, 3.05) is 10.6 Å². The third-order valence-electron chi connectivity index (χ3n) is 4.13. The van der Waals surface area contributed by atoms with Crippen LogP contribution < -0.4 is 16.4 Å². The van der Waals surface area contributed by atoms with E-state index in [1.54, 1.807) is 25.1 Å². The number of halogens is 4. The standard InChI is InChI=1S/C19H13ClF3N5O2/c1-9-8-24-17(26-13-5-10(19(21,22)23)4-11(20)6-13)28-16(9)25-12-2-3-15-14(7-12)27-18(29)30-15/h2-8H,1H3,(H,27,29)(H2,24,25,26,28). The first kappa shape index (κ1) is 19.8. The minimum atomic E-state index is -4.53. The molecule has 2 heterocycles. The van der Waals surface area contributed by atoms with Gasteiger partial charge in [-0.1, -0.05) is 11.6 Å². The Morgan fingerprint density at radius 2 is 1.90 bits per heavy atom. The molecule has 0 aliphatic rings. The lowest BCUT2D eigenvalue weighted by molar-refractivity contribution is -0.137. The number of aryl methyl sites for hydroxylation is 1. The summed E-state index contributed by atoms with van der Waals surface area (Å²) in [5, 5.41) is 5.75. The predicted molar refractivity (Wildman–Crippen MR) is 107 cm³/mol. The van der Waals surface area contributed by atoms with Crippen LogP contribution in [0.25, 0.3) is 11.1 Å². The Balaban J connectivity index is 1.61. The molecule has 7 nitrogen and oxygen atoms in total. The molecule has 0 unspecified atom stereocenters. The van der Waals surface area contributed by atoms with E-state index in [1.807, 2.05) is 0 Å². The Morgan fingerprint density at radius 3 is 2.67 bits per heavy atom. The number of benzene rings is 2. The van der Waals surface area contributed by atoms with E-state index in [4.69, 9.17) is 16.0 Å². The average molecular weight is 436 g/mol. The summed E-state index contributed by atoms with van der Waals surface area (Å²) in [5.41, 5.74) is 1.45. The molecule has 154 valence electrons. The second-order valence-corrected chi connectivity index (χ2v) is 6.86. The van der Waals surface area contributed by atoms with Crippen LogP contribution in [-0.2, 0) is 6.18 Å². The van der Waals surface area contributed by atoms with Gasteiger partial charge in [-0.2, -0.15) is 18.2 Å². The molecule has 2 aromatic heterocycles. The highest BCUT2D eigenvalue weighted by Crippen LogP contribution is 2.34. The van der Waals surface area contributed by atoms with Gasteiger partial charge in [0.15, 0.2) is 5.58 Å². The fraction of sp³-hybridized carbons (Fsp3) is 0.105. The number of nitrogens with zero attached hydrogens (tertiary/aromatic N) is 2. The maximum Gasteiger partial charge on any atom is 0.417 e. The van der Waals surface area contributed by atoms with Crippen LogP contribution >= 0.6 is 11.6 Å². The van der Waals surface area contributed by atoms with Crippen molar-refractivity contribution in [3.63, 3.8) is 0 Å². The maximum atomic E-state index is 13.0. The molecule has 0 radical (unpaired) electrons. The van der Waals surface area contributed by atoms with Crippen molar-refractivity contribution in [3.8, 4) is 0 Å². The van der Waals surface area contributed by atoms with Crippen molar-refractivity contribution in [3.05, 3.63) is 69.3 Å². The molecule has 0 bridgehead atoms. The number of anilines is 4. The zero-order valence-electron chi connectivity index (χ0n) is 15.3. The molecule has 3 N–H and O–H groups in total. The molecular formula is C19H13ClF3N5O2. The van der Waals surface area contributed by atoms with Crippen molar-refractivity contribution in [1.82, 2.24) is 15.0 Å². The summed E-state index contributed by atoms with van der Waals surface area (Å²) in [7, 11) is 0. The minimum Gasteiger partial charge on any atom is -0.408 e. The normalized spacial score (nSPS) is 11.6. The number of alkyl halides is 3. The number of nitrogens with one attached hydrogen (secondary N) is 3. The van der Waals surface area contributed by atoms with Gasteiger partial charge in [-0.15, -0.1) is 0 Å². The number of hydrogen-bond donors (Lipinski definition) is 3. The summed E-state index contributed by atoms with van der Waals surface area (Å²) in [6.45, 7) is 1.77. The number of H-pyrrole nitrogens is 1. The Hall–Kier alpha value is -3.53. The number of fused-ring (bicyclic) bond motifs is 1. The summed E-state index contributed by atoms with van der Waals surface area (Å²) >= 11 is 5.81. The monoisotopic (exact) mass is 435 g/mol. The Labute approximate surface area is 171 Å². The van der Waals surface area contributed by atoms with Crippen molar-refractivity contribution in [1.29, 1.82) is 0 Å². The van der Waals surface area contributed by atoms with Gasteiger partial charge in [-0.3, -0.25) is 4.98 Å². The second kappa shape index (κ2) is 7.38. The van der Waals surface area contributed by atoms with Crippen LogP contribution in [0.2, 0.25) is 5.02 Å². The molecule has 2 aromatic carbocycles. The van der Waals surface area contributed by atoms with Crippen LogP contribution in [0.3, 0.4) is 0 Å². The highest BCUT2D eigenvalue weighted by atomic mass is 35.5. The molecule has 30 heavy (non-hydrogen) atoms. The highest BCUT2D eigenvalue weighted by Gasteiger charge is 2.31. The topological polar surface area (TPSA) is 95.8 Å². The van der Waals surface area contributed by atoms with Gasteiger partial charge in [-0.05, 0) is 43.3 Å². The van der Waals surface area contributed by atoms with Crippen molar-refractivity contribution in [2.24, 2.45) is 0 Å². The first-order valence-electron chi connectivity index (χ1n) is 8.56. The molecule has 0 fully saturated rings. The lowest BCUT2D eigenvalue weighted by atomic mass is 10.2.